The maximum absolute atomic E-state index is 12.0. The Labute approximate surface area is 117 Å². The van der Waals surface area contributed by atoms with Crippen molar-refractivity contribution in [3.05, 3.63) is 0 Å². The molecule has 0 aromatic heterocycles. The fraction of sp³-hybridized carbons (Fsp3) is 0.933. The van der Waals surface area contributed by atoms with Gasteiger partial charge in [-0.15, -0.1) is 0 Å². The van der Waals surface area contributed by atoms with Gasteiger partial charge in [0.05, 0.1) is 6.04 Å². The van der Waals surface area contributed by atoms with Crippen molar-refractivity contribution >= 4 is 5.91 Å². The van der Waals surface area contributed by atoms with E-state index in [9.17, 15) is 4.79 Å². The van der Waals surface area contributed by atoms with E-state index in [0.29, 0.717) is 0 Å². The first-order valence-corrected chi connectivity index (χ1v) is 8.06. The molecular weight excluding hydrogens is 238 g/mol. The van der Waals surface area contributed by atoms with E-state index in [1.807, 2.05) is 0 Å². The van der Waals surface area contributed by atoms with Crippen LogP contribution < -0.4 is 10.6 Å². The second kappa shape index (κ2) is 7.85. The summed E-state index contributed by atoms with van der Waals surface area (Å²) in [7, 11) is 0. The molecular formula is C15H29N3O. The topological polar surface area (TPSA) is 44.4 Å². The molecule has 0 saturated carbocycles. The minimum atomic E-state index is 0.0528. The quantitative estimate of drug-likeness (QED) is 0.793. The van der Waals surface area contributed by atoms with Crippen LogP contribution in [-0.2, 0) is 4.79 Å². The average Bonchev–Trinajstić information content (AvgIpc) is 2.48. The van der Waals surface area contributed by atoms with E-state index in [-0.39, 0.29) is 11.9 Å². The lowest BCUT2D eigenvalue weighted by Gasteiger charge is -2.35. The van der Waals surface area contributed by atoms with Gasteiger partial charge in [-0.1, -0.05) is 19.8 Å². The third-order valence-electron chi connectivity index (χ3n) is 4.55. The minimum absolute atomic E-state index is 0.0528. The molecule has 0 aromatic rings. The first kappa shape index (κ1) is 14.8. The van der Waals surface area contributed by atoms with Crippen LogP contribution in [-0.4, -0.2) is 49.1 Å². The van der Waals surface area contributed by atoms with Crippen molar-refractivity contribution in [1.29, 1.82) is 0 Å². The molecule has 0 aromatic carbocycles. The van der Waals surface area contributed by atoms with E-state index >= 15 is 0 Å². The smallest absolute Gasteiger partial charge is 0.237 e. The maximum atomic E-state index is 12.0. The van der Waals surface area contributed by atoms with Gasteiger partial charge < -0.3 is 10.6 Å². The second-order valence-corrected chi connectivity index (χ2v) is 5.89. The fourth-order valence-corrected chi connectivity index (χ4v) is 3.34. The van der Waals surface area contributed by atoms with Crippen LogP contribution in [0.4, 0.5) is 0 Å². The Bertz CT molecular complexity index is 277. The van der Waals surface area contributed by atoms with Crippen molar-refractivity contribution in [3.8, 4) is 0 Å². The lowest BCUT2D eigenvalue weighted by Crippen LogP contribution is -2.49. The van der Waals surface area contributed by atoms with Gasteiger partial charge in [-0.3, -0.25) is 9.69 Å². The van der Waals surface area contributed by atoms with Crippen LogP contribution in [0.1, 0.15) is 51.9 Å². The monoisotopic (exact) mass is 267 g/mol. The summed E-state index contributed by atoms with van der Waals surface area (Å²) < 4.78 is 0. The highest BCUT2D eigenvalue weighted by Crippen LogP contribution is 2.18. The number of carbonyl (C=O) groups excluding carboxylic acids is 1. The molecule has 0 radical (unpaired) electrons. The van der Waals surface area contributed by atoms with Gasteiger partial charge in [0.25, 0.3) is 0 Å². The van der Waals surface area contributed by atoms with Crippen LogP contribution in [0.25, 0.3) is 0 Å². The summed E-state index contributed by atoms with van der Waals surface area (Å²) in [4.78, 5) is 14.6. The zero-order valence-corrected chi connectivity index (χ0v) is 12.3. The number of piperidine rings is 2. The standard InChI is InChI=1S/C15H29N3O/c1-2-13-7-4-6-11-18(13)12-10-17-15(19)14-8-3-5-9-16-14/h13-14,16H,2-12H2,1H3,(H,17,19)/t13?,14-/m1/s1. The van der Waals surface area contributed by atoms with Gasteiger partial charge in [-0.2, -0.15) is 0 Å². The SMILES string of the molecule is CCC1CCCCN1CCNC(=O)[C@H]1CCCCN1. The number of nitrogens with one attached hydrogen (secondary N) is 2. The van der Waals surface area contributed by atoms with E-state index < -0.39 is 0 Å². The molecule has 1 unspecified atom stereocenters. The van der Waals surface area contributed by atoms with Crippen LogP contribution in [0, 0.1) is 0 Å². The maximum Gasteiger partial charge on any atom is 0.237 e. The molecule has 4 nitrogen and oxygen atoms in total. The minimum Gasteiger partial charge on any atom is -0.353 e. The number of rotatable bonds is 5. The van der Waals surface area contributed by atoms with Gasteiger partial charge in [-0.05, 0) is 45.2 Å². The molecule has 2 aliphatic heterocycles. The van der Waals surface area contributed by atoms with Crippen molar-refractivity contribution in [2.45, 2.75) is 64.0 Å². The molecule has 2 heterocycles. The number of hydrogen-bond donors (Lipinski definition) is 2. The summed E-state index contributed by atoms with van der Waals surface area (Å²) in [5.41, 5.74) is 0. The predicted molar refractivity (Wildman–Crippen MR) is 78.2 cm³/mol. The molecule has 1 amide bonds. The number of nitrogens with zero attached hydrogens (tertiary/aromatic N) is 1. The highest BCUT2D eigenvalue weighted by molar-refractivity contribution is 5.81. The van der Waals surface area contributed by atoms with Gasteiger partial charge >= 0.3 is 0 Å². The van der Waals surface area contributed by atoms with Crippen molar-refractivity contribution in [3.63, 3.8) is 0 Å². The zero-order valence-electron chi connectivity index (χ0n) is 12.3. The van der Waals surface area contributed by atoms with Gasteiger partial charge in [-0.25, -0.2) is 0 Å². The van der Waals surface area contributed by atoms with Crippen molar-refractivity contribution < 1.29 is 4.79 Å². The van der Waals surface area contributed by atoms with Gasteiger partial charge in [0.1, 0.15) is 0 Å². The summed E-state index contributed by atoms with van der Waals surface area (Å²) in [6.07, 6.45) is 8.62. The molecule has 2 rings (SSSR count). The molecule has 2 saturated heterocycles. The summed E-state index contributed by atoms with van der Waals surface area (Å²) in [6, 6.07) is 0.788. The summed E-state index contributed by atoms with van der Waals surface area (Å²) in [5, 5.41) is 6.40. The number of hydrogen-bond acceptors (Lipinski definition) is 3. The van der Waals surface area contributed by atoms with Crippen molar-refractivity contribution in [2.75, 3.05) is 26.2 Å². The third-order valence-corrected chi connectivity index (χ3v) is 4.55. The molecule has 2 fully saturated rings. The Morgan fingerprint density at radius 1 is 1.26 bits per heavy atom. The molecule has 0 bridgehead atoms. The average molecular weight is 267 g/mol. The highest BCUT2D eigenvalue weighted by Gasteiger charge is 2.22. The van der Waals surface area contributed by atoms with Crippen molar-refractivity contribution in [2.24, 2.45) is 0 Å². The predicted octanol–water partition coefficient (Wildman–Crippen LogP) is 1.51. The van der Waals surface area contributed by atoms with E-state index in [2.05, 4.69) is 22.5 Å². The Hall–Kier alpha value is -0.610. The summed E-state index contributed by atoms with van der Waals surface area (Å²) >= 11 is 0. The number of carbonyl (C=O) groups is 1. The number of likely N-dealkylation sites (tertiary alicyclic amines) is 1. The van der Waals surface area contributed by atoms with Gasteiger partial charge in [0, 0.05) is 19.1 Å². The Morgan fingerprint density at radius 2 is 2.11 bits per heavy atom. The van der Waals surface area contributed by atoms with Crippen LogP contribution in [0.3, 0.4) is 0 Å². The largest absolute Gasteiger partial charge is 0.353 e. The van der Waals surface area contributed by atoms with E-state index in [0.717, 1.165) is 32.1 Å². The van der Waals surface area contributed by atoms with Crippen LogP contribution >= 0.6 is 0 Å². The summed E-state index contributed by atoms with van der Waals surface area (Å²) in [5.74, 6) is 0.199. The van der Waals surface area contributed by atoms with Crippen LogP contribution in [0.15, 0.2) is 0 Å². The molecule has 2 N–H and O–H groups in total. The van der Waals surface area contributed by atoms with Crippen LogP contribution in [0.2, 0.25) is 0 Å². The lowest BCUT2D eigenvalue weighted by atomic mass is 10.0. The lowest BCUT2D eigenvalue weighted by molar-refractivity contribution is -0.123. The Kier molecular flexibility index (Phi) is 6.11. The Morgan fingerprint density at radius 3 is 2.84 bits per heavy atom. The molecule has 0 aliphatic carbocycles. The van der Waals surface area contributed by atoms with E-state index in [1.54, 1.807) is 0 Å². The van der Waals surface area contributed by atoms with Crippen molar-refractivity contribution in [1.82, 2.24) is 15.5 Å². The van der Waals surface area contributed by atoms with Crippen LogP contribution in [0.5, 0.6) is 0 Å². The second-order valence-electron chi connectivity index (χ2n) is 5.89. The first-order chi connectivity index (χ1) is 9.31. The van der Waals surface area contributed by atoms with E-state index in [1.165, 1.54) is 45.1 Å². The zero-order chi connectivity index (χ0) is 13.5. The number of amides is 1. The molecule has 110 valence electrons. The van der Waals surface area contributed by atoms with E-state index in [4.69, 9.17) is 0 Å². The molecule has 19 heavy (non-hydrogen) atoms. The van der Waals surface area contributed by atoms with Gasteiger partial charge in [0.15, 0.2) is 0 Å². The fourth-order valence-electron chi connectivity index (χ4n) is 3.34. The summed E-state index contributed by atoms with van der Waals surface area (Å²) in [6.45, 7) is 6.27. The third kappa shape index (κ3) is 4.46. The molecule has 2 aliphatic rings. The highest BCUT2D eigenvalue weighted by atomic mass is 16.2. The first-order valence-electron chi connectivity index (χ1n) is 8.06. The molecule has 0 spiro atoms. The Balaban J connectivity index is 1.65. The normalized spacial score (nSPS) is 29.1. The molecule has 2 atom stereocenters. The van der Waals surface area contributed by atoms with Gasteiger partial charge in [0.2, 0.25) is 5.91 Å². The molecule has 4 heteroatoms.